The fraction of sp³-hybridized carbons (Fsp3) is 0.536. The zero-order valence-corrected chi connectivity index (χ0v) is 24.1. The summed E-state index contributed by atoms with van der Waals surface area (Å²) in [6.45, 7) is 5.22. The van der Waals surface area contributed by atoms with Crippen LogP contribution in [0.5, 0.6) is 5.75 Å². The van der Waals surface area contributed by atoms with Crippen LogP contribution in [0.2, 0.25) is 18.6 Å². The summed E-state index contributed by atoms with van der Waals surface area (Å²) >= 11 is 0. The summed E-state index contributed by atoms with van der Waals surface area (Å²) < 4.78 is 33.7. The Labute approximate surface area is 228 Å². The second kappa shape index (κ2) is 11.2. The molecule has 1 saturated heterocycles. The molecule has 0 aliphatic carbocycles. The molecule has 39 heavy (non-hydrogen) atoms. The number of aromatic nitrogens is 1. The molecule has 0 saturated carbocycles. The van der Waals surface area contributed by atoms with Gasteiger partial charge in [0, 0.05) is 48.5 Å². The number of aliphatic hydroxyl groups excluding tert-OH is 1. The molecule has 0 unspecified atom stereocenters. The molecule has 2 aliphatic rings. The van der Waals surface area contributed by atoms with Gasteiger partial charge < -0.3 is 28.3 Å². The van der Waals surface area contributed by atoms with Gasteiger partial charge in [0.2, 0.25) is 8.41 Å². The fourth-order valence-electron chi connectivity index (χ4n) is 6.28. The normalized spacial score (nSPS) is 24.3. The zero-order chi connectivity index (χ0) is 28.5. The number of benzene rings is 1. The van der Waals surface area contributed by atoms with Gasteiger partial charge in [0.25, 0.3) is 11.5 Å². The van der Waals surface area contributed by atoms with Crippen molar-refractivity contribution in [2.24, 2.45) is 5.92 Å². The molecule has 1 amide bonds. The van der Waals surface area contributed by atoms with Crippen molar-refractivity contribution in [1.82, 2.24) is 4.57 Å². The number of methoxy groups -OCH3 is 2. The third-order valence-electron chi connectivity index (χ3n) is 8.01. The van der Waals surface area contributed by atoms with Crippen molar-refractivity contribution in [2.45, 2.75) is 62.9 Å². The zero-order valence-electron chi connectivity index (χ0n) is 23.1. The van der Waals surface area contributed by atoms with Gasteiger partial charge in [-0.05, 0) is 62.7 Å². The number of pyridine rings is 1. The minimum atomic E-state index is -3.33. The van der Waals surface area contributed by atoms with Gasteiger partial charge >= 0.3 is 5.97 Å². The van der Waals surface area contributed by atoms with Crippen LogP contribution in [0.25, 0.3) is 5.69 Å². The van der Waals surface area contributed by atoms with Gasteiger partial charge in [-0.15, -0.1) is 0 Å². The lowest BCUT2D eigenvalue weighted by molar-refractivity contribution is -0.146. The van der Waals surface area contributed by atoms with Crippen molar-refractivity contribution < 1.29 is 33.0 Å². The molecule has 4 atom stereocenters. The van der Waals surface area contributed by atoms with Crippen molar-refractivity contribution in [3.05, 3.63) is 52.4 Å². The van der Waals surface area contributed by atoms with E-state index in [4.69, 9.17) is 14.2 Å². The Kier molecular flexibility index (Phi) is 8.34. The third kappa shape index (κ3) is 5.03. The van der Waals surface area contributed by atoms with E-state index < -0.39 is 31.6 Å². The van der Waals surface area contributed by atoms with Crippen LogP contribution in [0.1, 0.15) is 38.2 Å². The minimum Gasteiger partial charge on any atom is -0.491 e. The smallest absolute Gasteiger partial charge is 0.305 e. The summed E-state index contributed by atoms with van der Waals surface area (Å²) in [4.78, 5) is 40.5. The largest absolute Gasteiger partial charge is 0.491 e. The highest BCUT2D eigenvalue weighted by atomic mass is 28.4. The van der Waals surface area contributed by atoms with Crippen molar-refractivity contribution in [1.29, 1.82) is 0 Å². The number of carbonyl (C=O) groups excluding carboxylic acids is 2. The topological polar surface area (TPSA) is 107 Å². The molecule has 0 bridgehead atoms. The number of aliphatic hydroxyl groups is 1. The second-order valence-corrected chi connectivity index (χ2v) is 14.5. The van der Waals surface area contributed by atoms with E-state index in [1.54, 1.807) is 54.5 Å². The first-order chi connectivity index (χ1) is 18.5. The Morgan fingerprint density at radius 1 is 1.21 bits per heavy atom. The van der Waals surface area contributed by atoms with Gasteiger partial charge in [-0.1, -0.05) is 6.92 Å². The number of hydrogen-bond acceptors (Lipinski definition) is 7. The number of halogens is 1. The number of esters is 1. The van der Waals surface area contributed by atoms with Crippen LogP contribution in [0.15, 0.2) is 41.3 Å². The highest BCUT2D eigenvalue weighted by molar-refractivity contribution is 6.72. The lowest BCUT2D eigenvalue weighted by Crippen LogP contribution is -2.45. The fourth-order valence-corrected chi connectivity index (χ4v) is 8.82. The maximum Gasteiger partial charge on any atom is 0.305 e. The minimum absolute atomic E-state index is 0.176. The molecule has 3 heterocycles. The van der Waals surface area contributed by atoms with E-state index >= 15 is 4.11 Å². The van der Waals surface area contributed by atoms with E-state index in [9.17, 15) is 19.5 Å². The van der Waals surface area contributed by atoms with E-state index in [0.29, 0.717) is 36.3 Å². The van der Waals surface area contributed by atoms with Crippen LogP contribution >= 0.6 is 0 Å². The van der Waals surface area contributed by atoms with E-state index in [2.05, 4.69) is 0 Å². The predicted octanol–water partition coefficient (Wildman–Crippen LogP) is 3.69. The van der Waals surface area contributed by atoms with Gasteiger partial charge in [0.05, 0.1) is 26.0 Å². The molecule has 1 spiro atoms. The van der Waals surface area contributed by atoms with Crippen molar-refractivity contribution >= 4 is 26.0 Å². The van der Waals surface area contributed by atoms with E-state index in [1.165, 1.54) is 18.8 Å². The third-order valence-corrected chi connectivity index (χ3v) is 10.5. The first-order valence-electron chi connectivity index (χ1n) is 13.3. The van der Waals surface area contributed by atoms with Gasteiger partial charge in [0.15, 0.2) is 11.4 Å². The lowest BCUT2D eigenvalue weighted by Gasteiger charge is -2.31. The number of hydrogen-bond donors (Lipinski definition) is 1. The van der Waals surface area contributed by atoms with Crippen LogP contribution in [0.4, 0.5) is 9.80 Å². The predicted molar refractivity (Wildman–Crippen MR) is 147 cm³/mol. The number of nitrogens with zero attached hydrogens (tertiary/aromatic N) is 2. The summed E-state index contributed by atoms with van der Waals surface area (Å²) in [5.74, 6) is -0.938. The van der Waals surface area contributed by atoms with Crippen LogP contribution in [-0.4, -0.2) is 63.4 Å². The molecule has 2 aliphatic heterocycles. The Morgan fingerprint density at radius 2 is 1.95 bits per heavy atom. The van der Waals surface area contributed by atoms with Gasteiger partial charge in [-0.2, -0.15) is 0 Å². The number of unbranched alkanes of at least 4 members (excludes halogenated alkanes) is 1. The van der Waals surface area contributed by atoms with Crippen molar-refractivity contribution in [3.8, 4) is 11.4 Å². The Balaban J connectivity index is 1.82. The van der Waals surface area contributed by atoms with Gasteiger partial charge in [0.1, 0.15) is 0 Å². The summed E-state index contributed by atoms with van der Waals surface area (Å²) in [5.41, 5.74) is -0.616. The average Bonchev–Trinajstić information content (AvgIpc) is 3.32. The molecule has 212 valence electrons. The molecular weight excluding hydrogens is 523 g/mol. The Bertz CT molecular complexity index is 1290. The average molecular weight is 561 g/mol. The molecule has 9 nitrogen and oxygen atoms in total. The van der Waals surface area contributed by atoms with E-state index in [-0.39, 0.29) is 42.6 Å². The summed E-state index contributed by atoms with van der Waals surface area (Å²) in [6.07, 6.45) is 2.53. The molecular formula is C28H37FN2O7Si. The first-order valence-corrected chi connectivity index (χ1v) is 16.2. The summed E-state index contributed by atoms with van der Waals surface area (Å²) in [6, 6.07) is 8.58. The second-order valence-electron chi connectivity index (χ2n) is 10.7. The van der Waals surface area contributed by atoms with Gasteiger partial charge in [-0.3, -0.25) is 19.0 Å². The van der Waals surface area contributed by atoms with Crippen LogP contribution < -0.4 is 15.2 Å². The maximum absolute atomic E-state index is 15.7. The maximum atomic E-state index is 15.7. The van der Waals surface area contributed by atoms with Crippen LogP contribution in [0.3, 0.4) is 0 Å². The molecule has 11 heteroatoms. The van der Waals surface area contributed by atoms with E-state index in [1.807, 2.05) is 6.92 Å². The standard InChI is InChI=1S/C28H37FN2O7Si/c1-18-25(39(4,5)29)22(13-16-32)38-28(18)20-17-19(30-15-8-9-23(36-2)26(30)34)11-12-21(20)31(27(28)35)14-7-6-10-24(33)37-3/h8-9,11-12,15,17-18,22,25,32H,6-7,10,13-14,16H2,1-5H3/t18-,22+,25-,28+/m0/s1. The molecule has 1 aromatic carbocycles. The molecule has 4 rings (SSSR count). The number of anilines is 1. The highest BCUT2D eigenvalue weighted by Gasteiger charge is 2.66. The Hall–Kier alpha value is -3.02. The Morgan fingerprint density at radius 3 is 2.59 bits per heavy atom. The molecule has 1 fully saturated rings. The number of amides is 1. The number of fused-ring (bicyclic) bond motifs is 2. The lowest BCUT2D eigenvalue weighted by atomic mass is 9.82. The van der Waals surface area contributed by atoms with Crippen LogP contribution in [-0.2, 0) is 24.7 Å². The highest BCUT2D eigenvalue weighted by Crippen LogP contribution is 2.60. The molecule has 1 aromatic heterocycles. The van der Waals surface area contributed by atoms with Crippen molar-refractivity contribution in [3.63, 3.8) is 0 Å². The first kappa shape index (κ1) is 29.0. The molecule has 2 aromatic rings. The molecule has 1 N–H and O–H groups in total. The summed E-state index contributed by atoms with van der Waals surface area (Å²) in [7, 11) is -0.568. The number of carbonyl (C=O) groups is 2. The van der Waals surface area contributed by atoms with E-state index in [0.717, 1.165) is 0 Å². The molecule has 0 radical (unpaired) electrons. The monoisotopic (exact) mass is 560 g/mol. The number of ether oxygens (including phenoxy) is 3. The number of rotatable bonds is 10. The SMILES string of the molecule is COC(=O)CCCCN1C(=O)[C@]2(O[C@H](CCO)[C@@H]([Si](C)(C)F)[C@@H]2C)c2cc(-n3cccc(OC)c3=O)ccc21. The summed E-state index contributed by atoms with van der Waals surface area (Å²) in [5, 5.41) is 9.75. The van der Waals surface area contributed by atoms with Gasteiger partial charge in [-0.25, -0.2) is 0 Å². The van der Waals surface area contributed by atoms with Crippen LogP contribution in [0, 0.1) is 5.92 Å². The quantitative estimate of drug-likeness (QED) is 0.204. The van der Waals surface area contributed by atoms with Crippen molar-refractivity contribution in [2.75, 3.05) is 32.3 Å².